The topological polar surface area (TPSA) is 119 Å². The molecule has 0 bridgehead atoms. The number of aliphatic hydroxyl groups excluding tert-OH is 1. The van der Waals surface area contributed by atoms with E-state index < -0.39 is 40.5 Å². The number of benzene rings is 2. The van der Waals surface area contributed by atoms with Crippen LogP contribution in [0.4, 0.5) is 20.2 Å². The number of anilines is 1. The van der Waals surface area contributed by atoms with Crippen LogP contribution in [-0.4, -0.2) is 41.5 Å². The molecular weight excluding hydrogens is 366 g/mol. The van der Waals surface area contributed by atoms with Crippen LogP contribution in [0.25, 0.3) is 0 Å². The Kier molecular flexibility index (Phi) is 6.50. The van der Waals surface area contributed by atoms with E-state index in [0.717, 1.165) is 24.3 Å². The summed E-state index contributed by atoms with van der Waals surface area (Å²) in [7, 11) is 0. The number of nitro benzene ring substituents is 1. The minimum absolute atomic E-state index is 0.0610. The average molecular weight is 380 g/mol. The van der Waals surface area contributed by atoms with Crippen molar-refractivity contribution in [3.8, 4) is 0 Å². The molecule has 2 N–H and O–H groups in total. The van der Waals surface area contributed by atoms with Gasteiger partial charge >= 0.3 is 5.97 Å². The first-order valence-corrected chi connectivity index (χ1v) is 7.62. The van der Waals surface area contributed by atoms with E-state index in [1.54, 1.807) is 0 Å². The van der Waals surface area contributed by atoms with Gasteiger partial charge in [-0.15, -0.1) is 0 Å². The molecule has 0 unspecified atom stereocenters. The van der Waals surface area contributed by atoms with Crippen molar-refractivity contribution in [2.75, 3.05) is 25.1 Å². The lowest BCUT2D eigenvalue weighted by molar-refractivity contribution is -0.384. The summed E-state index contributed by atoms with van der Waals surface area (Å²) in [6.45, 7) is -1.09. The van der Waals surface area contributed by atoms with Crippen molar-refractivity contribution in [3.63, 3.8) is 0 Å². The first-order valence-electron chi connectivity index (χ1n) is 7.62. The van der Waals surface area contributed by atoms with E-state index in [4.69, 9.17) is 9.84 Å². The summed E-state index contributed by atoms with van der Waals surface area (Å²) < 4.78 is 31.5. The molecule has 2 rings (SSSR count). The number of nitro groups is 1. The normalized spacial score (nSPS) is 10.3. The van der Waals surface area contributed by atoms with E-state index in [9.17, 15) is 28.5 Å². The number of ketones is 1. The Labute approximate surface area is 151 Å². The number of halogens is 2. The highest BCUT2D eigenvalue weighted by Gasteiger charge is 2.20. The zero-order chi connectivity index (χ0) is 20.0. The van der Waals surface area contributed by atoms with Crippen LogP contribution < -0.4 is 5.32 Å². The summed E-state index contributed by atoms with van der Waals surface area (Å²) in [6.07, 6.45) is 0. The Balaban J connectivity index is 2.18. The second-order valence-electron chi connectivity index (χ2n) is 5.26. The van der Waals surface area contributed by atoms with E-state index in [2.05, 4.69) is 5.32 Å². The van der Waals surface area contributed by atoms with Gasteiger partial charge in [0.25, 0.3) is 5.69 Å². The van der Waals surface area contributed by atoms with Gasteiger partial charge in [-0.25, -0.2) is 13.6 Å². The fourth-order valence-electron chi connectivity index (χ4n) is 2.16. The maximum absolute atomic E-state index is 13.6. The van der Waals surface area contributed by atoms with Crippen LogP contribution in [0, 0.1) is 21.7 Å². The number of esters is 1. The molecule has 0 atom stereocenters. The predicted octanol–water partition coefficient (Wildman–Crippen LogP) is 2.32. The van der Waals surface area contributed by atoms with Crippen LogP contribution in [0.2, 0.25) is 0 Å². The Hall–Kier alpha value is -3.40. The van der Waals surface area contributed by atoms with Gasteiger partial charge in [-0.1, -0.05) is 0 Å². The number of hydrogen-bond donors (Lipinski definition) is 2. The van der Waals surface area contributed by atoms with Crippen LogP contribution >= 0.6 is 0 Å². The van der Waals surface area contributed by atoms with Crippen molar-refractivity contribution in [3.05, 3.63) is 69.3 Å². The zero-order valence-corrected chi connectivity index (χ0v) is 13.8. The summed E-state index contributed by atoms with van der Waals surface area (Å²) >= 11 is 0. The second-order valence-corrected chi connectivity index (χ2v) is 5.26. The maximum atomic E-state index is 13.6. The van der Waals surface area contributed by atoms with Gasteiger partial charge in [0.1, 0.15) is 11.6 Å². The van der Waals surface area contributed by atoms with Crippen LogP contribution in [-0.2, 0) is 4.74 Å². The molecule has 8 nitrogen and oxygen atoms in total. The Morgan fingerprint density at radius 1 is 1.15 bits per heavy atom. The standard InChI is InChI=1S/C17H14F2N2O6/c18-10-1-3-14(19)12(7-10)16(23)9-27-17(24)13-8-11(21(25)26)2-4-15(13)20-5-6-22/h1-4,7-8,20,22H,5-6,9H2. The molecular formula is C17H14F2N2O6. The zero-order valence-electron chi connectivity index (χ0n) is 13.8. The first kappa shape index (κ1) is 19.9. The van der Waals surface area contributed by atoms with E-state index >= 15 is 0 Å². The quantitative estimate of drug-likeness (QED) is 0.312. The molecule has 10 heteroatoms. The highest BCUT2D eigenvalue weighted by atomic mass is 19.1. The molecule has 2 aromatic carbocycles. The Morgan fingerprint density at radius 2 is 1.89 bits per heavy atom. The SMILES string of the molecule is O=C(COC(=O)c1cc([N+](=O)[O-])ccc1NCCO)c1cc(F)ccc1F. The molecule has 0 aromatic heterocycles. The van der Waals surface area contributed by atoms with Gasteiger partial charge in [0.05, 0.1) is 22.7 Å². The molecule has 0 amide bonds. The predicted molar refractivity (Wildman–Crippen MR) is 89.6 cm³/mol. The summed E-state index contributed by atoms with van der Waals surface area (Å²) in [4.78, 5) is 34.3. The van der Waals surface area contributed by atoms with Crippen molar-refractivity contribution in [1.82, 2.24) is 0 Å². The van der Waals surface area contributed by atoms with Gasteiger partial charge in [-0.3, -0.25) is 14.9 Å². The molecule has 0 aliphatic heterocycles. The van der Waals surface area contributed by atoms with E-state index in [-0.39, 0.29) is 30.1 Å². The smallest absolute Gasteiger partial charge is 0.340 e. The number of non-ortho nitro benzene ring substituents is 1. The van der Waals surface area contributed by atoms with Crippen molar-refractivity contribution < 1.29 is 33.1 Å². The number of hydrogen-bond acceptors (Lipinski definition) is 7. The Morgan fingerprint density at radius 3 is 2.56 bits per heavy atom. The molecule has 2 aromatic rings. The van der Waals surface area contributed by atoms with Crippen molar-refractivity contribution in [1.29, 1.82) is 0 Å². The summed E-state index contributed by atoms with van der Waals surface area (Å²) in [5, 5.41) is 22.4. The molecule has 0 aliphatic carbocycles. The summed E-state index contributed by atoms with van der Waals surface area (Å²) in [5.74, 6) is -3.86. The molecule has 0 fully saturated rings. The molecule has 0 radical (unpaired) electrons. The highest BCUT2D eigenvalue weighted by molar-refractivity contribution is 6.01. The third-order valence-corrected chi connectivity index (χ3v) is 3.42. The lowest BCUT2D eigenvalue weighted by Crippen LogP contribution is -2.17. The fourth-order valence-corrected chi connectivity index (χ4v) is 2.16. The fraction of sp³-hybridized carbons (Fsp3) is 0.176. The first-order chi connectivity index (χ1) is 12.8. The molecule has 0 heterocycles. The number of ether oxygens (including phenoxy) is 1. The minimum atomic E-state index is -1.08. The number of nitrogens with zero attached hydrogens (tertiary/aromatic N) is 1. The third-order valence-electron chi connectivity index (χ3n) is 3.42. The Bertz CT molecular complexity index is 888. The van der Waals surface area contributed by atoms with Crippen LogP contribution in [0.1, 0.15) is 20.7 Å². The van der Waals surface area contributed by atoms with E-state index in [1.807, 2.05) is 0 Å². The molecule has 0 saturated heterocycles. The summed E-state index contributed by atoms with van der Waals surface area (Å²) in [5.41, 5.74) is -1.08. The second kappa shape index (κ2) is 8.81. The van der Waals surface area contributed by atoms with Gasteiger partial charge in [-0.05, 0) is 24.3 Å². The van der Waals surface area contributed by atoms with E-state index in [1.165, 1.54) is 6.07 Å². The average Bonchev–Trinajstić information content (AvgIpc) is 2.65. The van der Waals surface area contributed by atoms with E-state index in [0.29, 0.717) is 6.07 Å². The largest absolute Gasteiger partial charge is 0.454 e. The van der Waals surface area contributed by atoms with Gasteiger partial charge in [0.15, 0.2) is 6.61 Å². The molecule has 0 spiro atoms. The number of rotatable bonds is 8. The van der Waals surface area contributed by atoms with Crippen LogP contribution in [0.3, 0.4) is 0 Å². The number of aliphatic hydroxyl groups is 1. The number of carbonyl (C=O) groups excluding carboxylic acids is 2. The summed E-state index contributed by atoms with van der Waals surface area (Å²) in [6, 6.07) is 5.60. The van der Waals surface area contributed by atoms with Gasteiger partial charge in [-0.2, -0.15) is 0 Å². The molecule has 0 aliphatic rings. The van der Waals surface area contributed by atoms with Crippen LogP contribution in [0.5, 0.6) is 0 Å². The number of carbonyl (C=O) groups is 2. The molecule has 0 saturated carbocycles. The molecule has 142 valence electrons. The van der Waals surface area contributed by atoms with Crippen molar-refractivity contribution in [2.24, 2.45) is 0 Å². The highest BCUT2D eigenvalue weighted by Crippen LogP contribution is 2.23. The lowest BCUT2D eigenvalue weighted by atomic mass is 10.1. The van der Waals surface area contributed by atoms with Gasteiger partial charge < -0.3 is 15.2 Å². The van der Waals surface area contributed by atoms with Crippen molar-refractivity contribution in [2.45, 2.75) is 0 Å². The molecule has 27 heavy (non-hydrogen) atoms. The van der Waals surface area contributed by atoms with Crippen LogP contribution in [0.15, 0.2) is 36.4 Å². The third kappa shape index (κ3) is 5.05. The van der Waals surface area contributed by atoms with Gasteiger partial charge in [0, 0.05) is 24.4 Å². The van der Waals surface area contributed by atoms with Crippen molar-refractivity contribution >= 4 is 23.1 Å². The maximum Gasteiger partial charge on any atom is 0.340 e. The number of Topliss-reactive ketones (excluding diaryl/α,β-unsaturated/α-hetero) is 1. The lowest BCUT2D eigenvalue weighted by Gasteiger charge is -2.11. The monoisotopic (exact) mass is 380 g/mol. The van der Waals surface area contributed by atoms with Gasteiger partial charge in [0.2, 0.25) is 5.78 Å². The minimum Gasteiger partial charge on any atom is -0.454 e. The number of nitrogens with one attached hydrogen (secondary N) is 1.